The minimum absolute atomic E-state index is 0.575. The molecule has 5 nitrogen and oxygen atoms in total. The molecule has 0 atom stereocenters. The fraction of sp³-hybridized carbons (Fsp3) is 0. The third-order valence-electron chi connectivity index (χ3n) is 9.19. The molecule has 0 fully saturated rings. The first kappa shape index (κ1) is 28.5. The van der Waals surface area contributed by atoms with Crippen LogP contribution < -0.4 is 0 Å². The van der Waals surface area contributed by atoms with Crippen LogP contribution in [0, 0.1) is 0 Å². The topological polar surface area (TPSA) is 64.7 Å². The van der Waals surface area contributed by atoms with E-state index in [0.717, 1.165) is 54.4 Å². The first-order chi connectivity index (χ1) is 24.8. The number of nitrogens with zero attached hydrogens (tertiary/aromatic N) is 4. The highest BCUT2D eigenvalue weighted by atomic mass is 32.1. The van der Waals surface area contributed by atoms with Crippen molar-refractivity contribution in [3.63, 3.8) is 0 Å². The molecule has 0 saturated carbocycles. The van der Waals surface area contributed by atoms with Crippen molar-refractivity contribution in [3.05, 3.63) is 158 Å². The van der Waals surface area contributed by atoms with E-state index in [0.29, 0.717) is 28.9 Å². The van der Waals surface area contributed by atoms with Gasteiger partial charge in [0.25, 0.3) is 0 Å². The van der Waals surface area contributed by atoms with Gasteiger partial charge >= 0.3 is 0 Å². The Morgan fingerprint density at radius 1 is 0.420 bits per heavy atom. The largest absolute Gasteiger partial charge is 0.435 e. The van der Waals surface area contributed by atoms with E-state index < -0.39 is 0 Å². The van der Waals surface area contributed by atoms with Crippen LogP contribution in [0.25, 0.3) is 98.8 Å². The van der Waals surface area contributed by atoms with E-state index in [2.05, 4.69) is 109 Å². The maximum absolute atomic E-state index is 6.53. The second-order valence-corrected chi connectivity index (χ2v) is 13.3. The molecule has 0 aliphatic rings. The van der Waals surface area contributed by atoms with E-state index in [-0.39, 0.29) is 0 Å². The van der Waals surface area contributed by atoms with E-state index in [4.69, 9.17) is 24.4 Å². The zero-order chi connectivity index (χ0) is 33.0. The summed E-state index contributed by atoms with van der Waals surface area (Å²) in [5.74, 6) is 2.39. The summed E-state index contributed by atoms with van der Waals surface area (Å²) in [6.45, 7) is 0. The Hall–Kier alpha value is -6.50. The van der Waals surface area contributed by atoms with E-state index in [1.165, 1.54) is 15.5 Å². The fourth-order valence-electron chi connectivity index (χ4n) is 6.76. The summed E-state index contributed by atoms with van der Waals surface area (Å²) < 4.78 is 8.91. The lowest BCUT2D eigenvalue weighted by atomic mass is 10.0. The van der Waals surface area contributed by atoms with Crippen molar-refractivity contribution in [1.82, 2.24) is 19.9 Å². The average molecular weight is 659 g/mol. The van der Waals surface area contributed by atoms with Crippen molar-refractivity contribution in [2.75, 3.05) is 0 Å². The van der Waals surface area contributed by atoms with Crippen LogP contribution in [-0.2, 0) is 0 Å². The predicted octanol–water partition coefficient (Wildman–Crippen LogP) is 11.9. The molecular weight excluding hydrogens is 633 g/mol. The van der Waals surface area contributed by atoms with E-state index in [1.54, 1.807) is 11.3 Å². The molecule has 0 bridgehead atoms. The van der Waals surface area contributed by atoms with Gasteiger partial charge in [0.2, 0.25) is 5.89 Å². The number of hydrogen-bond donors (Lipinski definition) is 0. The van der Waals surface area contributed by atoms with Crippen molar-refractivity contribution in [2.24, 2.45) is 0 Å². The monoisotopic (exact) mass is 658 g/mol. The summed E-state index contributed by atoms with van der Waals surface area (Å²) in [5, 5.41) is 4.37. The molecule has 0 saturated heterocycles. The molecule has 3 aromatic heterocycles. The summed E-state index contributed by atoms with van der Waals surface area (Å²) in [7, 11) is 0. The van der Waals surface area contributed by atoms with Crippen molar-refractivity contribution >= 4 is 53.4 Å². The van der Waals surface area contributed by atoms with E-state index in [1.807, 2.05) is 48.5 Å². The van der Waals surface area contributed by atoms with Gasteiger partial charge in [-0.3, -0.25) is 0 Å². The van der Waals surface area contributed by atoms with Crippen LogP contribution in [0.5, 0.6) is 0 Å². The van der Waals surface area contributed by atoms with Crippen LogP contribution in [0.1, 0.15) is 0 Å². The summed E-state index contributed by atoms with van der Waals surface area (Å²) >= 11 is 1.77. The first-order valence-corrected chi connectivity index (χ1v) is 17.3. The summed E-state index contributed by atoms with van der Waals surface area (Å²) in [4.78, 5) is 20.4. The highest BCUT2D eigenvalue weighted by Crippen LogP contribution is 2.41. The summed E-state index contributed by atoms with van der Waals surface area (Å²) in [5.41, 5.74) is 7.46. The van der Waals surface area contributed by atoms with Gasteiger partial charge in [-0.05, 0) is 46.8 Å². The predicted molar refractivity (Wildman–Crippen MR) is 205 cm³/mol. The fourth-order valence-corrected chi connectivity index (χ4v) is 7.97. The molecule has 0 radical (unpaired) electrons. The number of thiophene rings is 1. The molecule has 0 amide bonds. The third kappa shape index (κ3) is 4.77. The summed E-state index contributed by atoms with van der Waals surface area (Å²) in [6.07, 6.45) is 0. The van der Waals surface area contributed by atoms with Crippen molar-refractivity contribution in [3.8, 4) is 56.7 Å². The van der Waals surface area contributed by atoms with Crippen LogP contribution in [-0.4, -0.2) is 19.9 Å². The number of aromatic nitrogens is 4. The second kappa shape index (κ2) is 11.6. The van der Waals surface area contributed by atoms with Gasteiger partial charge in [0.15, 0.2) is 23.1 Å². The molecule has 0 aliphatic carbocycles. The molecule has 3 heterocycles. The van der Waals surface area contributed by atoms with Gasteiger partial charge in [0.05, 0.1) is 0 Å². The minimum Gasteiger partial charge on any atom is -0.435 e. The molecule has 10 aromatic rings. The molecule has 50 heavy (non-hydrogen) atoms. The lowest BCUT2D eigenvalue weighted by molar-refractivity contribution is 0.623. The Morgan fingerprint density at radius 2 is 1.04 bits per heavy atom. The maximum Gasteiger partial charge on any atom is 0.227 e. The first-order valence-electron chi connectivity index (χ1n) is 16.5. The number of benzene rings is 7. The molecular formula is C44H26N4OS. The normalized spacial score (nSPS) is 11.6. The SMILES string of the molecule is c1ccc(-c2ccc(-c3nc(-c4cccc5c4sc4ccccc45)nc(-c4cccc5ccc6nc(-c7ccccc7)oc6c45)n3)cc2)cc1. The van der Waals surface area contributed by atoms with Gasteiger partial charge in [0, 0.05) is 47.8 Å². The van der Waals surface area contributed by atoms with Gasteiger partial charge < -0.3 is 4.42 Å². The third-order valence-corrected chi connectivity index (χ3v) is 10.4. The van der Waals surface area contributed by atoms with Crippen molar-refractivity contribution in [1.29, 1.82) is 0 Å². The lowest BCUT2D eigenvalue weighted by Crippen LogP contribution is -2.00. The van der Waals surface area contributed by atoms with Crippen molar-refractivity contribution in [2.45, 2.75) is 0 Å². The van der Waals surface area contributed by atoms with Gasteiger partial charge in [0.1, 0.15) is 5.52 Å². The second-order valence-electron chi connectivity index (χ2n) is 12.2. The number of hydrogen-bond acceptors (Lipinski definition) is 6. The van der Waals surface area contributed by atoms with E-state index in [9.17, 15) is 0 Å². The van der Waals surface area contributed by atoms with Gasteiger partial charge in [-0.25, -0.2) is 19.9 Å². The summed E-state index contributed by atoms with van der Waals surface area (Å²) in [6, 6.07) is 54.0. The van der Waals surface area contributed by atoms with Crippen LogP contribution in [0.15, 0.2) is 162 Å². The van der Waals surface area contributed by atoms with Crippen LogP contribution in [0.2, 0.25) is 0 Å². The van der Waals surface area contributed by atoms with Gasteiger partial charge in [-0.1, -0.05) is 127 Å². The maximum atomic E-state index is 6.53. The molecule has 6 heteroatoms. The van der Waals surface area contributed by atoms with Crippen LogP contribution in [0.3, 0.4) is 0 Å². The minimum atomic E-state index is 0.575. The number of fused-ring (bicyclic) bond motifs is 6. The smallest absolute Gasteiger partial charge is 0.227 e. The Labute approximate surface area is 291 Å². The molecule has 7 aromatic carbocycles. The van der Waals surface area contributed by atoms with E-state index >= 15 is 0 Å². The zero-order valence-corrected chi connectivity index (χ0v) is 27.4. The molecule has 10 rings (SSSR count). The molecule has 234 valence electrons. The molecule has 0 unspecified atom stereocenters. The standard InChI is InChI=1S/C44H26N4OS/c1-3-11-27(12-4-1)28-21-23-30(24-22-28)41-46-42(48-43(47-41)35-19-10-17-33-32-16-7-8-20-37(32)50-40(33)35)34-18-9-15-29-25-26-36-39(38(29)34)49-44(45-36)31-13-5-2-6-14-31/h1-26H. The zero-order valence-electron chi connectivity index (χ0n) is 26.6. The van der Waals surface area contributed by atoms with Crippen molar-refractivity contribution < 1.29 is 4.42 Å². The van der Waals surface area contributed by atoms with Gasteiger partial charge in [-0.2, -0.15) is 0 Å². The molecule has 0 spiro atoms. The highest BCUT2D eigenvalue weighted by Gasteiger charge is 2.20. The molecule has 0 aliphatic heterocycles. The number of oxazole rings is 1. The quantitative estimate of drug-likeness (QED) is 0.184. The lowest BCUT2D eigenvalue weighted by Gasteiger charge is -2.11. The van der Waals surface area contributed by atoms with Crippen LogP contribution in [0.4, 0.5) is 0 Å². The average Bonchev–Trinajstić information content (AvgIpc) is 3.81. The Bertz CT molecular complexity index is 2860. The Kier molecular flexibility index (Phi) is 6.60. The number of rotatable bonds is 5. The molecule has 0 N–H and O–H groups in total. The van der Waals surface area contributed by atoms with Gasteiger partial charge in [-0.15, -0.1) is 11.3 Å². The Balaban J connectivity index is 1.21. The highest BCUT2D eigenvalue weighted by molar-refractivity contribution is 7.26. The Morgan fingerprint density at radius 3 is 1.86 bits per heavy atom. The van der Waals surface area contributed by atoms with Crippen LogP contribution >= 0.6 is 11.3 Å².